The van der Waals surface area contributed by atoms with Crippen molar-refractivity contribution >= 4 is 21.8 Å². The number of hydrogen-bond donors (Lipinski definition) is 1. The van der Waals surface area contributed by atoms with Crippen LogP contribution < -0.4 is 0 Å². The molecule has 1 aromatic rings. The number of aryl methyl sites for hydroxylation is 1. The Morgan fingerprint density at radius 3 is 2.94 bits per heavy atom. The van der Waals surface area contributed by atoms with E-state index in [9.17, 15) is 9.90 Å². The van der Waals surface area contributed by atoms with Gasteiger partial charge in [0.1, 0.15) is 5.75 Å². The van der Waals surface area contributed by atoms with Gasteiger partial charge in [0.25, 0.3) is 5.91 Å². The zero-order valence-electron chi connectivity index (χ0n) is 9.11. The van der Waals surface area contributed by atoms with Crippen molar-refractivity contribution in [2.75, 3.05) is 13.1 Å². The first kappa shape index (κ1) is 11.5. The summed E-state index contributed by atoms with van der Waals surface area (Å²) in [6, 6.07) is 5.10. The van der Waals surface area contributed by atoms with Crippen molar-refractivity contribution in [1.29, 1.82) is 0 Å². The van der Waals surface area contributed by atoms with Gasteiger partial charge < -0.3 is 10.0 Å². The molecule has 0 radical (unpaired) electrons. The number of phenols is 1. The van der Waals surface area contributed by atoms with Crippen LogP contribution in [0.25, 0.3) is 0 Å². The van der Waals surface area contributed by atoms with Crippen LogP contribution in [0.5, 0.6) is 5.75 Å². The van der Waals surface area contributed by atoms with E-state index in [2.05, 4.69) is 15.9 Å². The number of phenolic OH excluding ortho intramolecular Hbond substituents is 1. The fourth-order valence-electron chi connectivity index (χ4n) is 1.89. The summed E-state index contributed by atoms with van der Waals surface area (Å²) in [5, 5.41) is 9.67. The number of alkyl halides is 1. The van der Waals surface area contributed by atoms with Gasteiger partial charge in [0.15, 0.2) is 0 Å². The lowest BCUT2D eigenvalue weighted by Crippen LogP contribution is -2.28. The maximum absolute atomic E-state index is 12.1. The quantitative estimate of drug-likeness (QED) is 0.804. The number of aromatic hydroxyl groups is 1. The molecule has 1 aromatic carbocycles. The third-order valence-electron chi connectivity index (χ3n) is 2.80. The van der Waals surface area contributed by atoms with Crippen LogP contribution in [0, 0.1) is 6.92 Å². The van der Waals surface area contributed by atoms with E-state index in [1.807, 2.05) is 6.92 Å². The number of amides is 1. The van der Waals surface area contributed by atoms with Gasteiger partial charge in [-0.3, -0.25) is 4.79 Å². The van der Waals surface area contributed by atoms with Crippen LogP contribution in [-0.2, 0) is 0 Å². The van der Waals surface area contributed by atoms with E-state index >= 15 is 0 Å². The minimum Gasteiger partial charge on any atom is -0.507 e. The highest BCUT2D eigenvalue weighted by atomic mass is 79.9. The molecular weight excluding hydrogens is 270 g/mol. The largest absolute Gasteiger partial charge is 0.507 e. The van der Waals surface area contributed by atoms with Crippen molar-refractivity contribution in [3.05, 3.63) is 29.3 Å². The summed E-state index contributed by atoms with van der Waals surface area (Å²) in [4.78, 5) is 14.3. The molecule has 0 spiro atoms. The molecule has 1 heterocycles. The summed E-state index contributed by atoms with van der Waals surface area (Å²) in [7, 11) is 0. The summed E-state index contributed by atoms with van der Waals surface area (Å²) in [5.74, 6) is -0.0169. The SMILES string of the molecule is Cc1ccc(O)c(C(=O)N2CCC(Br)C2)c1. The Kier molecular flexibility index (Phi) is 3.19. The predicted molar refractivity (Wildman–Crippen MR) is 66.1 cm³/mol. The van der Waals surface area contributed by atoms with E-state index in [-0.39, 0.29) is 11.7 Å². The molecule has 16 heavy (non-hydrogen) atoms. The molecule has 0 bridgehead atoms. The van der Waals surface area contributed by atoms with Gasteiger partial charge in [-0.15, -0.1) is 0 Å². The van der Waals surface area contributed by atoms with Crippen LogP contribution >= 0.6 is 15.9 Å². The molecule has 4 heteroatoms. The molecule has 0 saturated carbocycles. The molecule has 1 aliphatic heterocycles. The average molecular weight is 284 g/mol. The lowest BCUT2D eigenvalue weighted by Gasteiger charge is -2.16. The Balaban J connectivity index is 2.23. The molecule has 86 valence electrons. The predicted octanol–water partition coefficient (Wildman–Crippen LogP) is 2.31. The van der Waals surface area contributed by atoms with Gasteiger partial charge >= 0.3 is 0 Å². The first-order chi connectivity index (χ1) is 7.58. The van der Waals surface area contributed by atoms with Crippen LogP contribution in [0.3, 0.4) is 0 Å². The van der Waals surface area contributed by atoms with Gasteiger partial charge in [0.2, 0.25) is 0 Å². The topological polar surface area (TPSA) is 40.5 Å². The molecule has 1 unspecified atom stereocenters. The lowest BCUT2D eigenvalue weighted by atomic mass is 10.1. The second-order valence-corrected chi connectivity index (χ2v) is 5.45. The van der Waals surface area contributed by atoms with Crippen LogP contribution in [0.1, 0.15) is 22.3 Å². The zero-order chi connectivity index (χ0) is 11.7. The Morgan fingerprint density at radius 2 is 2.31 bits per heavy atom. The second kappa shape index (κ2) is 4.45. The monoisotopic (exact) mass is 283 g/mol. The van der Waals surface area contributed by atoms with Crippen LogP contribution in [0.2, 0.25) is 0 Å². The van der Waals surface area contributed by atoms with Gasteiger partial charge in [-0.25, -0.2) is 0 Å². The average Bonchev–Trinajstić information content (AvgIpc) is 2.67. The second-order valence-electron chi connectivity index (χ2n) is 4.16. The highest BCUT2D eigenvalue weighted by molar-refractivity contribution is 9.09. The standard InChI is InChI=1S/C12H14BrNO2/c1-8-2-3-11(15)10(6-8)12(16)14-5-4-9(13)7-14/h2-3,6,9,15H,4-5,7H2,1H3. The van der Waals surface area contributed by atoms with Crippen molar-refractivity contribution in [2.45, 2.75) is 18.2 Å². The Labute approximate surface area is 103 Å². The Morgan fingerprint density at radius 1 is 1.56 bits per heavy atom. The number of likely N-dealkylation sites (tertiary alicyclic amines) is 1. The first-order valence-corrected chi connectivity index (χ1v) is 6.22. The van der Waals surface area contributed by atoms with Gasteiger partial charge in [-0.1, -0.05) is 27.6 Å². The maximum Gasteiger partial charge on any atom is 0.257 e. The molecule has 1 saturated heterocycles. The van der Waals surface area contributed by atoms with E-state index in [1.165, 1.54) is 0 Å². The summed E-state index contributed by atoms with van der Waals surface area (Å²) in [5.41, 5.74) is 1.39. The summed E-state index contributed by atoms with van der Waals surface area (Å²) in [6.45, 7) is 3.38. The van der Waals surface area contributed by atoms with E-state index in [0.29, 0.717) is 16.9 Å². The normalized spacial score (nSPS) is 20.1. The van der Waals surface area contributed by atoms with Gasteiger partial charge in [0, 0.05) is 17.9 Å². The van der Waals surface area contributed by atoms with Crippen molar-refractivity contribution < 1.29 is 9.90 Å². The van der Waals surface area contributed by atoms with Crippen molar-refractivity contribution in [3.63, 3.8) is 0 Å². The van der Waals surface area contributed by atoms with Crippen molar-refractivity contribution in [1.82, 2.24) is 4.90 Å². The molecule has 2 rings (SSSR count). The summed E-state index contributed by atoms with van der Waals surface area (Å²) < 4.78 is 0. The number of halogens is 1. The maximum atomic E-state index is 12.1. The van der Waals surface area contributed by atoms with E-state index in [0.717, 1.165) is 18.5 Å². The van der Waals surface area contributed by atoms with Crippen molar-refractivity contribution in [3.8, 4) is 5.75 Å². The van der Waals surface area contributed by atoms with Crippen LogP contribution in [0.15, 0.2) is 18.2 Å². The number of hydrogen-bond acceptors (Lipinski definition) is 2. The number of carbonyl (C=O) groups is 1. The Hall–Kier alpha value is -1.03. The number of benzene rings is 1. The summed E-state index contributed by atoms with van der Waals surface area (Å²) in [6.07, 6.45) is 0.971. The van der Waals surface area contributed by atoms with Gasteiger partial charge in [0.05, 0.1) is 5.56 Å². The van der Waals surface area contributed by atoms with E-state index < -0.39 is 0 Å². The van der Waals surface area contributed by atoms with Crippen molar-refractivity contribution in [2.24, 2.45) is 0 Å². The van der Waals surface area contributed by atoms with Crippen LogP contribution in [-0.4, -0.2) is 33.8 Å². The molecule has 1 amide bonds. The van der Waals surface area contributed by atoms with Gasteiger partial charge in [-0.2, -0.15) is 0 Å². The minimum atomic E-state index is -0.0804. The van der Waals surface area contributed by atoms with Gasteiger partial charge in [-0.05, 0) is 25.5 Å². The lowest BCUT2D eigenvalue weighted by molar-refractivity contribution is 0.0790. The summed E-state index contributed by atoms with van der Waals surface area (Å²) >= 11 is 3.50. The molecule has 0 aromatic heterocycles. The first-order valence-electron chi connectivity index (χ1n) is 5.31. The third kappa shape index (κ3) is 2.21. The molecular formula is C12H14BrNO2. The highest BCUT2D eigenvalue weighted by Crippen LogP contribution is 2.24. The molecule has 1 N–H and O–H groups in total. The third-order valence-corrected chi connectivity index (χ3v) is 3.55. The van der Waals surface area contributed by atoms with E-state index in [1.54, 1.807) is 23.1 Å². The fourth-order valence-corrected chi connectivity index (χ4v) is 2.45. The molecule has 1 aliphatic rings. The fraction of sp³-hybridized carbons (Fsp3) is 0.417. The molecule has 0 aliphatic carbocycles. The number of carbonyl (C=O) groups excluding carboxylic acids is 1. The van der Waals surface area contributed by atoms with Crippen LogP contribution in [0.4, 0.5) is 0 Å². The highest BCUT2D eigenvalue weighted by Gasteiger charge is 2.26. The molecule has 1 atom stereocenters. The molecule has 3 nitrogen and oxygen atoms in total. The molecule has 1 fully saturated rings. The van der Waals surface area contributed by atoms with E-state index in [4.69, 9.17) is 0 Å². The minimum absolute atomic E-state index is 0.0635. The number of nitrogens with zero attached hydrogens (tertiary/aromatic N) is 1. The Bertz CT molecular complexity index is 419. The smallest absolute Gasteiger partial charge is 0.257 e. The zero-order valence-corrected chi connectivity index (χ0v) is 10.7. The number of rotatable bonds is 1.